The van der Waals surface area contributed by atoms with E-state index in [2.05, 4.69) is 10.3 Å². The molecule has 1 aromatic heterocycles. The minimum absolute atomic E-state index is 0.353. The maximum atomic E-state index is 12.1. The molecule has 0 aliphatic heterocycles. The Bertz CT molecular complexity index is 660. The summed E-state index contributed by atoms with van der Waals surface area (Å²) in [6, 6.07) is 14.8. The summed E-state index contributed by atoms with van der Waals surface area (Å²) in [7, 11) is 0. The third-order valence-electron chi connectivity index (χ3n) is 2.67. The summed E-state index contributed by atoms with van der Waals surface area (Å²) < 4.78 is -1.67. The zero-order valence-electron chi connectivity index (χ0n) is 11.8. The number of carbonyl (C=O) groups is 1. The van der Waals surface area contributed by atoms with Crippen molar-refractivity contribution in [3.63, 3.8) is 0 Å². The molecule has 7 heteroatoms. The van der Waals surface area contributed by atoms with Crippen LogP contribution in [0, 0.1) is 0 Å². The van der Waals surface area contributed by atoms with E-state index < -0.39 is 9.17 Å². The molecule has 2 aromatic rings. The molecule has 1 heterocycles. The van der Waals surface area contributed by atoms with Crippen molar-refractivity contribution < 1.29 is 4.79 Å². The average molecular weight is 388 g/mol. The lowest BCUT2D eigenvalue weighted by Crippen LogP contribution is -2.40. The Morgan fingerprint density at radius 3 is 2.43 bits per heavy atom. The molecule has 0 radical (unpaired) electrons. The van der Waals surface area contributed by atoms with Crippen LogP contribution in [0.1, 0.15) is 5.56 Å². The number of nitrogens with zero attached hydrogens (tertiary/aromatic N) is 1. The van der Waals surface area contributed by atoms with Crippen molar-refractivity contribution in [3.8, 4) is 0 Å². The predicted octanol–water partition coefficient (Wildman–Crippen LogP) is 4.70. The molecule has 23 heavy (non-hydrogen) atoms. The van der Waals surface area contributed by atoms with E-state index in [0.29, 0.717) is 5.03 Å². The molecule has 0 saturated carbocycles. The number of hydrogen-bond acceptors (Lipinski definition) is 3. The van der Waals surface area contributed by atoms with Gasteiger partial charge in [-0.1, -0.05) is 83.0 Å². The van der Waals surface area contributed by atoms with Gasteiger partial charge in [0, 0.05) is 12.3 Å². The van der Waals surface area contributed by atoms with Crippen LogP contribution in [0.4, 0.5) is 0 Å². The monoisotopic (exact) mass is 386 g/mol. The zero-order chi connectivity index (χ0) is 16.7. The van der Waals surface area contributed by atoms with E-state index in [-0.39, 0.29) is 5.91 Å². The Morgan fingerprint density at radius 2 is 1.83 bits per heavy atom. The van der Waals surface area contributed by atoms with E-state index in [0.717, 1.165) is 5.56 Å². The van der Waals surface area contributed by atoms with Crippen LogP contribution in [-0.2, 0) is 4.79 Å². The fraction of sp³-hybridized carbons (Fsp3) is 0.125. The number of benzene rings is 1. The molecule has 0 fully saturated rings. The zero-order valence-corrected chi connectivity index (χ0v) is 14.9. The third-order valence-corrected chi connectivity index (χ3v) is 4.91. The lowest BCUT2D eigenvalue weighted by molar-refractivity contribution is -0.116. The van der Waals surface area contributed by atoms with Crippen molar-refractivity contribution in [1.82, 2.24) is 10.3 Å². The molecule has 0 bridgehead atoms. The third kappa shape index (κ3) is 6.43. The van der Waals surface area contributed by atoms with Crippen LogP contribution in [0.3, 0.4) is 0 Å². The van der Waals surface area contributed by atoms with Crippen LogP contribution in [0.5, 0.6) is 0 Å². The Balaban J connectivity index is 2.03. The summed E-state index contributed by atoms with van der Waals surface area (Å²) in [5.74, 6) is -0.353. The average Bonchev–Trinajstić information content (AvgIpc) is 2.53. The molecular weight excluding hydrogens is 375 g/mol. The van der Waals surface area contributed by atoms with Gasteiger partial charge in [-0.3, -0.25) is 4.79 Å². The first kappa shape index (κ1) is 18.1. The number of rotatable bonds is 5. The summed E-state index contributed by atoms with van der Waals surface area (Å²) >= 11 is 19.0. The normalized spacial score (nSPS) is 13.0. The van der Waals surface area contributed by atoms with Crippen LogP contribution in [0.25, 0.3) is 6.08 Å². The Labute approximate surface area is 154 Å². The fourth-order valence-electron chi connectivity index (χ4n) is 1.63. The van der Waals surface area contributed by atoms with Crippen molar-refractivity contribution in [1.29, 1.82) is 0 Å². The summed E-state index contributed by atoms with van der Waals surface area (Å²) in [6.45, 7) is 0. The van der Waals surface area contributed by atoms with Gasteiger partial charge < -0.3 is 5.32 Å². The minimum atomic E-state index is -1.67. The molecule has 0 spiro atoms. The summed E-state index contributed by atoms with van der Waals surface area (Å²) in [4.78, 5) is 16.2. The highest BCUT2D eigenvalue weighted by molar-refractivity contribution is 8.00. The van der Waals surface area contributed by atoms with Crippen LogP contribution < -0.4 is 5.32 Å². The first-order chi connectivity index (χ1) is 10.9. The van der Waals surface area contributed by atoms with Gasteiger partial charge in [-0.2, -0.15) is 0 Å². The highest BCUT2D eigenvalue weighted by Gasteiger charge is 2.34. The minimum Gasteiger partial charge on any atom is -0.336 e. The number of hydrogen-bond donors (Lipinski definition) is 1. The maximum absolute atomic E-state index is 12.1. The number of thioether (sulfide) groups is 1. The van der Waals surface area contributed by atoms with Crippen molar-refractivity contribution >= 4 is 58.5 Å². The Kier molecular flexibility index (Phi) is 6.78. The van der Waals surface area contributed by atoms with Gasteiger partial charge in [0.1, 0.15) is 5.37 Å². The fourth-order valence-corrected chi connectivity index (χ4v) is 3.02. The molecule has 3 nitrogen and oxygen atoms in total. The molecular formula is C16H13Cl3N2OS. The second kappa shape index (κ2) is 8.60. The predicted molar refractivity (Wildman–Crippen MR) is 97.8 cm³/mol. The van der Waals surface area contributed by atoms with Gasteiger partial charge in [-0.25, -0.2) is 4.98 Å². The second-order valence-corrected chi connectivity index (χ2v) is 7.95. The first-order valence-corrected chi connectivity index (χ1v) is 8.64. The van der Waals surface area contributed by atoms with Gasteiger partial charge in [-0.15, -0.1) is 0 Å². The SMILES string of the molecule is O=C(/C=C\c1ccccc1)N[C@@H](Sc1ccccn1)C(Cl)(Cl)Cl. The van der Waals surface area contributed by atoms with E-state index in [9.17, 15) is 4.79 Å². The largest absolute Gasteiger partial charge is 0.336 e. The molecule has 1 atom stereocenters. The van der Waals surface area contributed by atoms with Crippen molar-refractivity contribution in [2.24, 2.45) is 0 Å². The van der Waals surface area contributed by atoms with Crippen molar-refractivity contribution in [2.75, 3.05) is 0 Å². The quantitative estimate of drug-likeness (QED) is 0.350. The van der Waals surface area contributed by atoms with Crippen molar-refractivity contribution in [2.45, 2.75) is 14.2 Å². The lowest BCUT2D eigenvalue weighted by Gasteiger charge is -2.23. The van der Waals surface area contributed by atoms with E-state index in [4.69, 9.17) is 34.8 Å². The number of carbonyl (C=O) groups excluding carboxylic acids is 1. The summed E-state index contributed by atoms with van der Waals surface area (Å²) in [6.07, 6.45) is 4.73. The smallest absolute Gasteiger partial charge is 0.245 e. The lowest BCUT2D eigenvalue weighted by atomic mass is 10.2. The van der Waals surface area contributed by atoms with Crippen LogP contribution in [0.2, 0.25) is 0 Å². The summed E-state index contributed by atoms with van der Waals surface area (Å²) in [5, 5.41) is 2.56. The number of amides is 1. The van der Waals surface area contributed by atoms with Gasteiger partial charge in [-0.05, 0) is 23.8 Å². The van der Waals surface area contributed by atoms with Gasteiger partial charge in [0.25, 0.3) is 0 Å². The molecule has 120 valence electrons. The highest BCUT2D eigenvalue weighted by atomic mass is 35.6. The molecule has 0 unspecified atom stereocenters. The maximum Gasteiger partial charge on any atom is 0.245 e. The number of pyridine rings is 1. The molecule has 0 saturated heterocycles. The summed E-state index contributed by atoms with van der Waals surface area (Å²) in [5.41, 5.74) is 0.908. The van der Waals surface area contributed by atoms with Crippen molar-refractivity contribution in [3.05, 3.63) is 66.4 Å². The Morgan fingerprint density at radius 1 is 1.13 bits per heavy atom. The molecule has 1 aromatic carbocycles. The molecule has 1 amide bonds. The van der Waals surface area contributed by atoms with Crippen LogP contribution in [0.15, 0.2) is 65.8 Å². The Hall–Kier alpha value is -1.20. The number of aromatic nitrogens is 1. The van der Waals surface area contributed by atoms with Gasteiger partial charge in [0.15, 0.2) is 0 Å². The van der Waals surface area contributed by atoms with E-state index in [1.807, 2.05) is 36.4 Å². The standard InChI is InChI=1S/C16H13Cl3N2OS/c17-16(18,19)15(23-14-8-4-5-11-20-14)21-13(22)10-9-12-6-2-1-3-7-12/h1-11,15H,(H,21,22)/b10-9-/t15-/m0/s1. The molecule has 0 aliphatic carbocycles. The van der Waals surface area contributed by atoms with E-state index in [1.165, 1.54) is 17.8 Å². The van der Waals surface area contributed by atoms with Crippen LogP contribution >= 0.6 is 46.6 Å². The van der Waals surface area contributed by atoms with Crippen LogP contribution in [-0.4, -0.2) is 20.1 Å². The first-order valence-electron chi connectivity index (χ1n) is 6.63. The number of halogens is 3. The molecule has 2 rings (SSSR count). The van der Waals surface area contributed by atoms with Gasteiger partial charge >= 0.3 is 0 Å². The topological polar surface area (TPSA) is 42.0 Å². The van der Waals surface area contributed by atoms with Gasteiger partial charge in [0.05, 0.1) is 5.03 Å². The highest BCUT2D eigenvalue weighted by Crippen LogP contribution is 2.38. The molecule has 0 aliphatic rings. The number of nitrogens with one attached hydrogen (secondary N) is 1. The molecule has 1 N–H and O–H groups in total. The number of alkyl halides is 3. The second-order valence-electron chi connectivity index (χ2n) is 4.46. The van der Waals surface area contributed by atoms with E-state index in [1.54, 1.807) is 24.4 Å². The van der Waals surface area contributed by atoms with Gasteiger partial charge in [0.2, 0.25) is 9.70 Å². The van der Waals surface area contributed by atoms with E-state index >= 15 is 0 Å².